The number of halogens is 1. The van der Waals surface area contributed by atoms with Crippen molar-refractivity contribution in [3.05, 3.63) is 100 Å². The van der Waals surface area contributed by atoms with E-state index >= 15 is 0 Å². The number of fused-ring (bicyclic) bond motifs is 2. The third-order valence-corrected chi connectivity index (χ3v) is 7.16. The number of imide groups is 1. The van der Waals surface area contributed by atoms with Gasteiger partial charge in [-0.05, 0) is 61.3 Å². The van der Waals surface area contributed by atoms with Gasteiger partial charge < -0.3 is 4.52 Å². The van der Waals surface area contributed by atoms with Crippen molar-refractivity contribution in [3.63, 3.8) is 0 Å². The zero-order valence-electron chi connectivity index (χ0n) is 19.1. The van der Waals surface area contributed by atoms with Gasteiger partial charge in [-0.2, -0.15) is 0 Å². The topological polar surface area (TPSA) is 66.7 Å². The van der Waals surface area contributed by atoms with Crippen molar-refractivity contribution in [2.45, 2.75) is 31.8 Å². The van der Waals surface area contributed by atoms with E-state index in [0.717, 1.165) is 54.7 Å². The minimum Gasteiger partial charge on any atom is -0.356 e. The average molecular weight is 470 g/mol. The Bertz CT molecular complexity index is 1400. The Labute approximate surface area is 201 Å². The molecule has 0 aliphatic carbocycles. The van der Waals surface area contributed by atoms with Crippen LogP contribution >= 0.6 is 0 Å². The fourth-order valence-corrected chi connectivity index (χ4v) is 5.25. The Morgan fingerprint density at radius 2 is 1.49 bits per heavy atom. The van der Waals surface area contributed by atoms with Gasteiger partial charge in [-0.15, -0.1) is 0 Å². The molecule has 7 heteroatoms. The van der Waals surface area contributed by atoms with Gasteiger partial charge in [-0.3, -0.25) is 19.4 Å². The lowest BCUT2D eigenvalue weighted by molar-refractivity contribution is 0.0641. The SMILES string of the molecule is O=C1c2ccccc2C(=O)N1Cc1ccccc1CN1CCC(c2noc3cc(F)ccc23)CC1. The summed E-state index contributed by atoms with van der Waals surface area (Å²) in [6, 6.07) is 19.6. The summed E-state index contributed by atoms with van der Waals surface area (Å²) in [5.74, 6) is -0.525. The molecule has 4 aromatic rings. The van der Waals surface area contributed by atoms with E-state index in [4.69, 9.17) is 4.52 Å². The molecule has 2 aliphatic rings. The van der Waals surface area contributed by atoms with Crippen LogP contribution in [0.25, 0.3) is 11.0 Å². The molecule has 6 nitrogen and oxygen atoms in total. The molecular formula is C28H24FN3O3. The first-order valence-electron chi connectivity index (χ1n) is 11.9. The Morgan fingerprint density at radius 1 is 0.857 bits per heavy atom. The Hall–Kier alpha value is -3.84. The van der Waals surface area contributed by atoms with Gasteiger partial charge in [0.1, 0.15) is 5.82 Å². The highest BCUT2D eigenvalue weighted by Gasteiger charge is 2.35. The lowest BCUT2D eigenvalue weighted by Gasteiger charge is -2.32. The molecule has 35 heavy (non-hydrogen) atoms. The Morgan fingerprint density at radius 3 is 2.17 bits per heavy atom. The number of benzene rings is 3. The highest BCUT2D eigenvalue weighted by atomic mass is 19.1. The summed E-state index contributed by atoms with van der Waals surface area (Å²) in [6.07, 6.45) is 1.86. The number of carbonyl (C=O) groups is 2. The van der Waals surface area contributed by atoms with Crippen LogP contribution < -0.4 is 0 Å². The van der Waals surface area contributed by atoms with E-state index in [0.29, 0.717) is 16.7 Å². The van der Waals surface area contributed by atoms with Crippen LogP contribution in [0, 0.1) is 5.82 Å². The quantitative estimate of drug-likeness (QED) is 0.379. The van der Waals surface area contributed by atoms with Crippen LogP contribution in [0.4, 0.5) is 4.39 Å². The molecule has 0 unspecified atom stereocenters. The molecule has 1 saturated heterocycles. The van der Waals surface area contributed by atoms with Gasteiger partial charge in [-0.1, -0.05) is 41.6 Å². The van der Waals surface area contributed by atoms with Crippen molar-refractivity contribution in [2.24, 2.45) is 0 Å². The van der Waals surface area contributed by atoms with E-state index in [1.807, 2.05) is 18.2 Å². The summed E-state index contributed by atoms with van der Waals surface area (Å²) in [4.78, 5) is 29.4. The van der Waals surface area contributed by atoms with E-state index in [1.54, 1.807) is 30.3 Å². The maximum absolute atomic E-state index is 13.5. The van der Waals surface area contributed by atoms with Gasteiger partial charge in [0.2, 0.25) is 0 Å². The van der Waals surface area contributed by atoms with Crippen molar-refractivity contribution in [1.29, 1.82) is 0 Å². The van der Waals surface area contributed by atoms with Crippen molar-refractivity contribution in [3.8, 4) is 0 Å². The summed E-state index contributed by atoms with van der Waals surface area (Å²) in [5, 5.41) is 5.13. The maximum atomic E-state index is 13.5. The first-order valence-corrected chi connectivity index (χ1v) is 11.9. The van der Waals surface area contributed by atoms with Crippen LogP contribution in [0.3, 0.4) is 0 Å². The molecule has 0 radical (unpaired) electrons. The summed E-state index contributed by atoms with van der Waals surface area (Å²) in [5.41, 5.74) is 4.44. The van der Waals surface area contributed by atoms with Gasteiger partial charge in [0.15, 0.2) is 5.58 Å². The summed E-state index contributed by atoms with van der Waals surface area (Å²) < 4.78 is 18.8. The lowest BCUT2D eigenvalue weighted by Crippen LogP contribution is -2.34. The highest BCUT2D eigenvalue weighted by molar-refractivity contribution is 6.21. The number of aromatic nitrogens is 1. The molecule has 6 rings (SSSR count). The Balaban J connectivity index is 1.14. The van der Waals surface area contributed by atoms with Crippen LogP contribution in [0.15, 0.2) is 71.3 Å². The molecule has 3 aromatic carbocycles. The lowest BCUT2D eigenvalue weighted by atomic mass is 9.91. The van der Waals surface area contributed by atoms with Crippen LogP contribution in [-0.4, -0.2) is 39.9 Å². The third kappa shape index (κ3) is 3.91. The van der Waals surface area contributed by atoms with Crippen molar-refractivity contribution in [2.75, 3.05) is 13.1 Å². The minimum absolute atomic E-state index is 0.235. The van der Waals surface area contributed by atoms with Gasteiger partial charge in [-0.25, -0.2) is 4.39 Å². The molecule has 1 aromatic heterocycles. The summed E-state index contributed by atoms with van der Waals surface area (Å²) >= 11 is 0. The highest BCUT2D eigenvalue weighted by Crippen LogP contribution is 2.33. The van der Waals surface area contributed by atoms with E-state index in [2.05, 4.69) is 16.1 Å². The van der Waals surface area contributed by atoms with E-state index in [-0.39, 0.29) is 30.1 Å². The molecule has 0 bridgehead atoms. The molecule has 1 fully saturated rings. The predicted molar refractivity (Wildman–Crippen MR) is 128 cm³/mol. The smallest absolute Gasteiger partial charge is 0.261 e. The monoisotopic (exact) mass is 469 g/mol. The standard InChI is InChI=1S/C28H24FN3O3/c29-21-9-10-24-25(15-21)35-30-26(24)18-11-13-31(14-12-18)16-19-5-1-2-6-20(19)17-32-27(33)22-7-3-4-8-23(22)28(32)34/h1-10,15,18H,11-14,16-17H2. The first kappa shape index (κ1) is 21.7. The van der Waals surface area contributed by atoms with Crippen molar-refractivity contribution < 1.29 is 18.5 Å². The minimum atomic E-state index is -0.324. The Kier molecular flexibility index (Phi) is 5.41. The number of piperidine rings is 1. The first-order chi connectivity index (χ1) is 17.1. The van der Waals surface area contributed by atoms with Crippen LogP contribution in [0.2, 0.25) is 0 Å². The van der Waals surface area contributed by atoms with Gasteiger partial charge in [0.05, 0.1) is 23.4 Å². The molecule has 0 atom stereocenters. The van der Waals surface area contributed by atoms with Crippen LogP contribution in [0.5, 0.6) is 0 Å². The molecule has 2 aliphatic heterocycles. The third-order valence-electron chi connectivity index (χ3n) is 7.16. The zero-order chi connectivity index (χ0) is 23.9. The summed E-state index contributed by atoms with van der Waals surface area (Å²) in [7, 11) is 0. The number of rotatable bonds is 5. The number of carbonyl (C=O) groups excluding carboxylic acids is 2. The second kappa shape index (κ2) is 8.74. The van der Waals surface area contributed by atoms with E-state index < -0.39 is 0 Å². The zero-order valence-corrected chi connectivity index (χ0v) is 19.1. The second-order valence-electron chi connectivity index (χ2n) is 9.27. The number of amides is 2. The number of hydrogen-bond donors (Lipinski definition) is 0. The number of nitrogens with zero attached hydrogens (tertiary/aromatic N) is 3. The van der Waals surface area contributed by atoms with Crippen molar-refractivity contribution in [1.82, 2.24) is 15.0 Å². The fourth-order valence-electron chi connectivity index (χ4n) is 5.25. The second-order valence-corrected chi connectivity index (χ2v) is 9.27. The molecule has 0 spiro atoms. The van der Waals surface area contributed by atoms with Crippen LogP contribution in [0.1, 0.15) is 56.3 Å². The molecule has 2 amide bonds. The van der Waals surface area contributed by atoms with Gasteiger partial charge >= 0.3 is 0 Å². The fraction of sp³-hybridized carbons (Fsp3) is 0.250. The van der Waals surface area contributed by atoms with Gasteiger partial charge in [0.25, 0.3) is 11.8 Å². The normalized spacial score (nSPS) is 16.9. The van der Waals surface area contributed by atoms with E-state index in [9.17, 15) is 14.0 Å². The molecule has 0 saturated carbocycles. The number of hydrogen-bond acceptors (Lipinski definition) is 5. The summed E-state index contributed by atoms with van der Waals surface area (Å²) in [6.45, 7) is 2.79. The van der Waals surface area contributed by atoms with Gasteiger partial charge in [0, 0.05) is 23.9 Å². The number of likely N-dealkylation sites (tertiary alicyclic amines) is 1. The molecule has 0 N–H and O–H groups in total. The average Bonchev–Trinajstić information content (AvgIpc) is 3.40. The van der Waals surface area contributed by atoms with Crippen LogP contribution in [-0.2, 0) is 13.1 Å². The van der Waals surface area contributed by atoms with Crippen molar-refractivity contribution >= 4 is 22.8 Å². The predicted octanol–water partition coefficient (Wildman–Crippen LogP) is 5.14. The molecule has 176 valence electrons. The maximum Gasteiger partial charge on any atom is 0.261 e. The van der Waals surface area contributed by atoms with E-state index in [1.165, 1.54) is 17.0 Å². The molecular weight excluding hydrogens is 445 g/mol. The largest absolute Gasteiger partial charge is 0.356 e. The molecule has 3 heterocycles.